The lowest BCUT2D eigenvalue weighted by atomic mass is 9.81. The van der Waals surface area contributed by atoms with Gasteiger partial charge in [-0.3, -0.25) is 14.4 Å². The number of Topliss-reactive ketones (excluding diaryl/α,β-unsaturated/α-hetero) is 2. The molecular weight excluding hydrogens is 734 g/mol. The zero-order chi connectivity index (χ0) is 42.2. The van der Waals surface area contributed by atoms with Gasteiger partial charge in [0.1, 0.15) is 18.2 Å². The van der Waals surface area contributed by atoms with Crippen LogP contribution in [0.15, 0.2) is 36.0 Å². The minimum Gasteiger partial charge on any atom is -0.456 e. The molecule has 1 aliphatic carbocycles. The summed E-state index contributed by atoms with van der Waals surface area (Å²) in [4.78, 5) is 57.8. The Morgan fingerprint density at radius 1 is 0.912 bits per heavy atom. The number of piperidine rings is 1. The van der Waals surface area contributed by atoms with E-state index < -0.39 is 77.9 Å². The minimum atomic E-state index is -2.51. The van der Waals surface area contributed by atoms with Gasteiger partial charge in [0.25, 0.3) is 11.7 Å². The summed E-state index contributed by atoms with van der Waals surface area (Å²) >= 11 is 0. The molecule has 3 fully saturated rings. The summed E-state index contributed by atoms with van der Waals surface area (Å²) in [5, 5.41) is 34.1. The first-order chi connectivity index (χ1) is 27.0. The number of ether oxygens (including phenoxy) is 5. The highest BCUT2D eigenvalue weighted by Gasteiger charge is 2.56. The zero-order valence-electron chi connectivity index (χ0n) is 35.4. The van der Waals surface area contributed by atoms with Crippen molar-refractivity contribution in [1.29, 1.82) is 0 Å². The first-order valence-corrected chi connectivity index (χ1v) is 20.9. The highest BCUT2D eigenvalue weighted by Crippen LogP contribution is 2.39. The number of amides is 1. The van der Waals surface area contributed by atoms with Gasteiger partial charge in [-0.2, -0.15) is 0 Å². The number of carbonyl (C=O) groups excluding carboxylic acids is 4. The molecule has 57 heavy (non-hydrogen) atoms. The second-order valence-corrected chi connectivity index (χ2v) is 17.3. The van der Waals surface area contributed by atoms with Crippen LogP contribution in [-0.4, -0.2) is 126 Å². The number of aliphatic hydroxyl groups excluding tert-OH is 2. The first-order valence-electron chi connectivity index (χ1n) is 20.9. The molecule has 0 spiro atoms. The highest BCUT2D eigenvalue weighted by molar-refractivity contribution is 6.39. The maximum absolute atomic E-state index is 14.3. The van der Waals surface area contributed by atoms with Crippen LogP contribution in [-0.2, 0) is 42.9 Å². The molecule has 1 amide bonds. The topological polar surface area (TPSA) is 178 Å². The van der Waals surface area contributed by atoms with E-state index in [4.69, 9.17) is 23.7 Å². The molecule has 3 N–H and O–H groups in total. The van der Waals surface area contributed by atoms with Crippen molar-refractivity contribution in [2.24, 2.45) is 29.6 Å². The molecule has 1 saturated carbocycles. The number of carbonyl (C=O) groups is 4. The molecule has 2 bridgehead atoms. The smallest absolute Gasteiger partial charge is 0.329 e. The molecule has 4 aliphatic rings. The number of allylic oxidation sites excluding steroid dienone is 4. The summed E-state index contributed by atoms with van der Waals surface area (Å²) < 4.78 is 29.8. The van der Waals surface area contributed by atoms with Crippen LogP contribution in [0.4, 0.5) is 0 Å². The van der Waals surface area contributed by atoms with Crippen molar-refractivity contribution in [1.82, 2.24) is 4.90 Å². The molecule has 0 aromatic carbocycles. The number of nitrogens with zero attached hydrogens (tertiary/aromatic N) is 1. The minimum absolute atomic E-state index is 0.0120. The molecule has 13 heteroatoms. The molecule has 3 aliphatic heterocycles. The number of fused-ring (bicyclic) bond motifs is 3. The van der Waals surface area contributed by atoms with Crippen molar-refractivity contribution in [3.05, 3.63) is 36.0 Å². The molecule has 0 radical (unpaired) electrons. The van der Waals surface area contributed by atoms with Crippen LogP contribution in [0.5, 0.6) is 0 Å². The Morgan fingerprint density at radius 3 is 2.23 bits per heavy atom. The third-order valence-corrected chi connectivity index (χ3v) is 12.8. The van der Waals surface area contributed by atoms with E-state index in [2.05, 4.69) is 13.5 Å². The van der Waals surface area contributed by atoms with Gasteiger partial charge < -0.3 is 43.9 Å². The van der Waals surface area contributed by atoms with Gasteiger partial charge >= 0.3 is 5.97 Å². The van der Waals surface area contributed by atoms with Crippen molar-refractivity contribution in [3.63, 3.8) is 0 Å². The van der Waals surface area contributed by atoms with Crippen molar-refractivity contribution in [2.45, 2.75) is 160 Å². The van der Waals surface area contributed by atoms with Gasteiger partial charge in [-0.1, -0.05) is 45.9 Å². The molecule has 13 nitrogen and oxygen atoms in total. The monoisotopic (exact) mass is 803 g/mol. The predicted octanol–water partition coefficient (Wildman–Crippen LogP) is 4.64. The van der Waals surface area contributed by atoms with Crippen LogP contribution in [0.2, 0.25) is 0 Å². The normalized spacial score (nSPS) is 40.1. The van der Waals surface area contributed by atoms with Crippen LogP contribution >= 0.6 is 0 Å². The van der Waals surface area contributed by atoms with Crippen LogP contribution in [0.1, 0.15) is 105 Å². The van der Waals surface area contributed by atoms with Gasteiger partial charge in [0, 0.05) is 46.1 Å². The molecule has 5 unspecified atom stereocenters. The van der Waals surface area contributed by atoms with E-state index in [1.165, 1.54) is 19.1 Å². The fourth-order valence-corrected chi connectivity index (χ4v) is 9.44. The largest absolute Gasteiger partial charge is 0.456 e. The maximum Gasteiger partial charge on any atom is 0.329 e. The summed E-state index contributed by atoms with van der Waals surface area (Å²) in [7, 11) is 4.61. The number of esters is 1. The zero-order valence-corrected chi connectivity index (χ0v) is 35.4. The maximum atomic E-state index is 14.3. The number of hydrogen-bond donors (Lipinski definition) is 3. The van der Waals surface area contributed by atoms with E-state index in [-0.39, 0.29) is 55.4 Å². The third-order valence-electron chi connectivity index (χ3n) is 12.8. The summed E-state index contributed by atoms with van der Waals surface area (Å²) in [5.74, 6) is -7.32. The lowest BCUT2D eigenvalue weighted by Crippen LogP contribution is -2.64. The van der Waals surface area contributed by atoms with Gasteiger partial charge in [0.15, 0.2) is 5.78 Å². The predicted molar refractivity (Wildman–Crippen MR) is 213 cm³/mol. The Labute approximate surface area is 339 Å². The molecule has 322 valence electrons. The summed E-state index contributed by atoms with van der Waals surface area (Å²) in [6.07, 6.45) is 4.89. The number of hydrogen-bond acceptors (Lipinski definition) is 12. The highest BCUT2D eigenvalue weighted by atomic mass is 16.7. The van der Waals surface area contributed by atoms with E-state index >= 15 is 0 Å². The summed E-state index contributed by atoms with van der Waals surface area (Å²) in [6.45, 7) is 13.2. The Balaban J connectivity index is 1.78. The van der Waals surface area contributed by atoms with Gasteiger partial charge in [-0.25, -0.2) is 4.79 Å². The van der Waals surface area contributed by atoms with Gasteiger partial charge in [-0.15, -0.1) is 6.58 Å². The molecule has 14 atom stereocenters. The number of ketones is 2. The molecule has 2 saturated heterocycles. The van der Waals surface area contributed by atoms with Gasteiger partial charge in [-0.05, 0) is 100 Å². The van der Waals surface area contributed by atoms with Gasteiger partial charge in [0.2, 0.25) is 5.79 Å². The van der Waals surface area contributed by atoms with Crippen molar-refractivity contribution in [3.8, 4) is 0 Å². The number of aliphatic hydroxyl groups is 3. The second-order valence-electron chi connectivity index (χ2n) is 17.3. The van der Waals surface area contributed by atoms with Crippen LogP contribution in [0.25, 0.3) is 0 Å². The standard InChI is InChI=1S/C44H69NO12/c1-10-13-31-19-25(2)18-26(3)20-37(54-8)40-38(55-9)22-28(5)44(52,57-40)41(49)42(50)45-17-12-11-14-32(45)43(51)56-39(29(6)34(47)24-35(31)48)27(4)21-30-15-16-33(46)36(23-30)53-7/h10,19,21,25-26,28-30,32-34,36-40,46-47,52H,1,11-18,20,22-24H2,2-9H3/t25?,26-,28+,29?,30-,32-,33+,34?,36+,37?,38-,39?,40+,44+/m0/s1. The molecule has 0 aromatic rings. The third kappa shape index (κ3) is 11.3. The Kier molecular flexibility index (Phi) is 17.2. The lowest BCUT2D eigenvalue weighted by molar-refractivity contribution is -0.302. The average molecular weight is 804 g/mol. The summed E-state index contributed by atoms with van der Waals surface area (Å²) in [6, 6.07) is -1.14. The Morgan fingerprint density at radius 2 is 1.58 bits per heavy atom. The molecule has 0 aromatic heterocycles. The van der Waals surface area contributed by atoms with Crippen molar-refractivity contribution < 1.29 is 58.2 Å². The van der Waals surface area contributed by atoms with Crippen molar-refractivity contribution in [2.75, 3.05) is 27.9 Å². The fourth-order valence-electron chi connectivity index (χ4n) is 9.44. The average Bonchev–Trinajstić information content (AvgIpc) is 3.18. The molecule has 3 heterocycles. The quantitative estimate of drug-likeness (QED) is 0.185. The van der Waals surface area contributed by atoms with E-state index in [9.17, 15) is 34.5 Å². The number of cyclic esters (lactones) is 1. The molecular formula is C44H69NO12. The van der Waals surface area contributed by atoms with Crippen LogP contribution in [0, 0.1) is 29.6 Å². The lowest BCUT2D eigenvalue weighted by Gasteiger charge is -2.47. The van der Waals surface area contributed by atoms with Crippen molar-refractivity contribution >= 4 is 23.4 Å². The van der Waals surface area contributed by atoms with Crippen LogP contribution < -0.4 is 0 Å². The summed E-state index contributed by atoms with van der Waals surface area (Å²) in [5.41, 5.74) is 1.18. The van der Waals surface area contributed by atoms with E-state index in [0.717, 1.165) is 0 Å². The SMILES string of the molecule is C=CCC1=CC(C)C[C@H](C)CC(OC)[C@H]2O[C@@](O)(C(=O)C(=O)N3CCCC[C@H]3C(=O)OC(C(C)=C[C@@H]3CC[C@@H](O)[C@H](OC)C3)C(C)C(O)CC1=O)[C@H](C)C[C@@H]2OC. The van der Waals surface area contributed by atoms with Crippen LogP contribution in [0.3, 0.4) is 0 Å². The van der Waals surface area contributed by atoms with E-state index in [1.807, 2.05) is 26.0 Å². The van der Waals surface area contributed by atoms with E-state index in [0.29, 0.717) is 62.5 Å². The number of methoxy groups -OCH3 is 3. The fraction of sp³-hybridized carbons (Fsp3) is 0.773. The Hall–Kier alpha value is -2.78. The van der Waals surface area contributed by atoms with Gasteiger partial charge in [0.05, 0.1) is 30.5 Å². The molecule has 4 rings (SSSR count). The first kappa shape index (κ1) is 46.9. The Bertz CT molecular complexity index is 1480. The second kappa shape index (κ2) is 21.0. The van der Waals surface area contributed by atoms with E-state index in [1.54, 1.807) is 27.0 Å². The number of rotatable bonds is 7.